The Morgan fingerprint density at radius 1 is 1.67 bits per heavy atom. The minimum Gasteiger partial charge on any atom is -0.464 e. The Balaban J connectivity index is 3.38. The Bertz CT molecular complexity index is 481. The number of halogens is 1. The number of carbonyl (C=O) groups is 1. The maximum absolute atomic E-state index is 11.1. The Kier molecular flexibility index (Phi) is 3.20. The van der Waals surface area contributed by atoms with Crippen LogP contribution in [0.4, 0.5) is 5.69 Å². The van der Waals surface area contributed by atoms with Crippen LogP contribution < -0.4 is 5.56 Å². The summed E-state index contributed by atoms with van der Waals surface area (Å²) in [6, 6.07) is 0.949. The van der Waals surface area contributed by atoms with Gasteiger partial charge in [-0.2, -0.15) is 0 Å². The molecule has 0 saturated heterocycles. The maximum atomic E-state index is 11.1. The number of rotatable bonds is 2. The van der Waals surface area contributed by atoms with Crippen LogP contribution in [0.1, 0.15) is 10.5 Å². The number of methoxy groups -OCH3 is 1. The molecular formula is C7H5BrN2O5. The van der Waals surface area contributed by atoms with Crippen molar-refractivity contribution in [2.24, 2.45) is 0 Å². The van der Waals surface area contributed by atoms with Gasteiger partial charge in [0.2, 0.25) is 0 Å². The lowest BCUT2D eigenvalue weighted by molar-refractivity contribution is -0.386. The van der Waals surface area contributed by atoms with Crippen molar-refractivity contribution in [3.05, 3.63) is 36.7 Å². The van der Waals surface area contributed by atoms with Gasteiger partial charge in [0.05, 0.1) is 16.5 Å². The van der Waals surface area contributed by atoms with E-state index < -0.39 is 22.1 Å². The van der Waals surface area contributed by atoms with Crippen LogP contribution in [0.2, 0.25) is 0 Å². The van der Waals surface area contributed by atoms with Crippen molar-refractivity contribution in [3.8, 4) is 0 Å². The first-order chi connectivity index (χ1) is 6.97. The number of aromatic nitrogens is 1. The number of nitrogens with zero attached hydrogens (tertiary/aromatic N) is 1. The second kappa shape index (κ2) is 4.22. The summed E-state index contributed by atoms with van der Waals surface area (Å²) in [4.78, 5) is 33.8. The van der Waals surface area contributed by atoms with Crippen LogP contribution in [-0.4, -0.2) is 23.0 Å². The molecule has 80 valence electrons. The number of nitro groups is 1. The SMILES string of the molecule is COC(=O)c1[nH]c(=O)c([N+](=O)[O-])cc1Br. The summed E-state index contributed by atoms with van der Waals surface area (Å²) in [6.07, 6.45) is 0. The van der Waals surface area contributed by atoms with Crippen molar-refractivity contribution in [2.75, 3.05) is 7.11 Å². The molecule has 0 bridgehead atoms. The van der Waals surface area contributed by atoms with Crippen LogP contribution in [0, 0.1) is 10.1 Å². The molecule has 0 atom stereocenters. The van der Waals surface area contributed by atoms with Crippen molar-refractivity contribution in [1.29, 1.82) is 0 Å². The van der Waals surface area contributed by atoms with Crippen LogP contribution in [0.15, 0.2) is 15.3 Å². The van der Waals surface area contributed by atoms with Crippen LogP contribution in [0.5, 0.6) is 0 Å². The van der Waals surface area contributed by atoms with Crippen molar-refractivity contribution < 1.29 is 14.5 Å². The highest BCUT2D eigenvalue weighted by Crippen LogP contribution is 2.17. The van der Waals surface area contributed by atoms with Gasteiger partial charge >= 0.3 is 17.2 Å². The predicted molar refractivity (Wildman–Crippen MR) is 52.8 cm³/mol. The second-order valence-corrected chi connectivity index (χ2v) is 3.31. The molecule has 15 heavy (non-hydrogen) atoms. The van der Waals surface area contributed by atoms with E-state index in [0.29, 0.717) is 0 Å². The minimum atomic E-state index is -0.955. The quantitative estimate of drug-likeness (QED) is 0.490. The van der Waals surface area contributed by atoms with E-state index in [2.05, 4.69) is 25.7 Å². The number of hydrogen-bond acceptors (Lipinski definition) is 5. The number of H-pyrrole nitrogens is 1. The van der Waals surface area contributed by atoms with Gasteiger partial charge in [-0.15, -0.1) is 0 Å². The Morgan fingerprint density at radius 3 is 2.73 bits per heavy atom. The molecule has 1 rings (SSSR count). The van der Waals surface area contributed by atoms with Crippen LogP contribution in [0.25, 0.3) is 0 Å². The third kappa shape index (κ3) is 2.21. The zero-order valence-corrected chi connectivity index (χ0v) is 9.03. The van der Waals surface area contributed by atoms with Gasteiger partial charge in [-0.05, 0) is 15.9 Å². The number of ether oxygens (including phenoxy) is 1. The van der Waals surface area contributed by atoms with E-state index in [4.69, 9.17) is 0 Å². The molecule has 0 spiro atoms. The summed E-state index contributed by atoms with van der Waals surface area (Å²) in [5, 5.41) is 10.4. The van der Waals surface area contributed by atoms with Crippen molar-refractivity contribution in [3.63, 3.8) is 0 Å². The van der Waals surface area contributed by atoms with E-state index in [1.54, 1.807) is 0 Å². The lowest BCUT2D eigenvalue weighted by atomic mass is 10.3. The van der Waals surface area contributed by atoms with Gasteiger partial charge in [0, 0.05) is 6.07 Å². The molecule has 1 aromatic rings. The lowest BCUT2D eigenvalue weighted by Gasteiger charge is -2.01. The molecule has 0 saturated carbocycles. The highest BCUT2D eigenvalue weighted by Gasteiger charge is 2.19. The average Bonchev–Trinajstić information content (AvgIpc) is 2.19. The van der Waals surface area contributed by atoms with Crippen LogP contribution >= 0.6 is 15.9 Å². The molecular weight excluding hydrogens is 272 g/mol. The highest BCUT2D eigenvalue weighted by atomic mass is 79.9. The van der Waals surface area contributed by atoms with E-state index in [9.17, 15) is 19.7 Å². The molecule has 8 heteroatoms. The third-order valence-corrected chi connectivity index (χ3v) is 2.19. The Hall–Kier alpha value is -1.70. The molecule has 1 aromatic heterocycles. The molecule has 0 aliphatic rings. The van der Waals surface area contributed by atoms with E-state index in [0.717, 1.165) is 13.2 Å². The van der Waals surface area contributed by atoms with E-state index in [1.165, 1.54) is 0 Å². The van der Waals surface area contributed by atoms with Crippen molar-refractivity contribution >= 4 is 27.6 Å². The lowest BCUT2D eigenvalue weighted by Crippen LogP contribution is -2.17. The molecule has 0 unspecified atom stereocenters. The topological polar surface area (TPSA) is 102 Å². The first-order valence-corrected chi connectivity index (χ1v) is 4.42. The van der Waals surface area contributed by atoms with Crippen molar-refractivity contribution in [1.82, 2.24) is 4.98 Å². The summed E-state index contributed by atoms with van der Waals surface area (Å²) in [7, 11) is 1.13. The van der Waals surface area contributed by atoms with E-state index in [1.807, 2.05) is 0 Å². The molecule has 0 aliphatic heterocycles. The molecule has 0 amide bonds. The number of hydrogen-bond donors (Lipinski definition) is 1. The van der Waals surface area contributed by atoms with Gasteiger partial charge in [-0.3, -0.25) is 14.9 Å². The Labute approximate surface area is 91.3 Å². The third-order valence-electron chi connectivity index (χ3n) is 1.56. The summed E-state index contributed by atoms with van der Waals surface area (Å²) in [5.74, 6) is -0.783. The number of nitrogens with one attached hydrogen (secondary N) is 1. The number of aromatic amines is 1. The van der Waals surface area contributed by atoms with Gasteiger partial charge in [0.1, 0.15) is 5.69 Å². The number of pyridine rings is 1. The smallest absolute Gasteiger partial charge is 0.355 e. The van der Waals surface area contributed by atoms with E-state index in [-0.39, 0.29) is 10.2 Å². The second-order valence-electron chi connectivity index (χ2n) is 2.46. The summed E-state index contributed by atoms with van der Waals surface area (Å²) in [5.41, 5.74) is -1.76. The summed E-state index contributed by atoms with van der Waals surface area (Å²) >= 11 is 2.92. The molecule has 0 fully saturated rings. The fraction of sp³-hybridized carbons (Fsp3) is 0.143. The monoisotopic (exact) mass is 276 g/mol. The Morgan fingerprint density at radius 2 is 2.27 bits per heavy atom. The molecule has 1 N–H and O–H groups in total. The van der Waals surface area contributed by atoms with Crippen LogP contribution in [0.3, 0.4) is 0 Å². The standard InChI is InChI=1S/C7H5BrN2O5/c1-15-7(12)5-3(8)2-4(10(13)14)6(11)9-5/h2H,1H3,(H,9,11). The molecule has 0 aromatic carbocycles. The normalized spacial score (nSPS) is 9.73. The molecule has 0 radical (unpaired) electrons. The molecule has 1 heterocycles. The van der Waals surface area contributed by atoms with Crippen LogP contribution in [-0.2, 0) is 4.74 Å². The number of carbonyl (C=O) groups excluding carboxylic acids is 1. The highest BCUT2D eigenvalue weighted by molar-refractivity contribution is 9.10. The number of esters is 1. The van der Waals surface area contributed by atoms with Crippen molar-refractivity contribution in [2.45, 2.75) is 0 Å². The molecule has 0 aliphatic carbocycles. The first-order valence-electron chi connectivity index (χ1n) is 3.63. The van der Waals surface area contributed by atoms with Gasteiger partial charge in [-0.25, -0.2) is 4.79 Å². The van der Waals surface area contributed by atoms with Gasteiger partial charge in [0.25, 0.3) is 0 Å². The van der Waals surface area contributed by atoms with Gasteiger partial charge < -0.3 is 9.72 Å². The zero-order valence-electron chi connectivity index (χ0n) is 7.44. The van der Waals surface area contributed by atoms with E-state index >= 15 is 0 Å². The van der Waals surface area contributed by atoms with Gasteiger partial charge in [0.15, 0.2) is 0 Å². The summed E-state index contributed by atoms with van der Waals surface area (Å²) < 4.78 is 4.46. The molecule has 7 nitrogen and oxygen atoms in total. The largest absolute Gasteiger partial charge is 0.464 e. The average molecular weight is 277 g/mol. The first kappa shape index (κ1) is 11.4. The maximum Gasteiger partial charge on any atom is 0.355 e. The fourth-order valence-corrected chi connectivity index (χ4v) is 1.36. The summed E-state index contributed by atoms with van der Waals surface area (Å²) in [6.45, 7) is 0. The minimum absolute atomic E-state index is 0.0978. The predicted octanol–water partition coefficient (Wildman–Crippen LogP) is 0.832. The fourth-order valence-electron chi connectivity index (χ4n) is 0.881. The zero-order chi connectivity index (χ0) is 11.6. The van der Waals surface area contributed by atoms with Gasteiger partial charge in [-0.1, -0.05) is 0 Å².